The Balaban J connectivity index is 2.02. The highest BCUT2D eigenvalue weighted by molar-refractivity contribution is 9.10. The molecule has 0 saturated carbocycles. The Morgan fingerprint density at radius 2 is 1.44 bits per heavy atom. The molecule has 3 rings (SSSR count). The number of benzene rings is 3. The maximum absolute atomic E-state index is 3.45. The molecule has 2 heteroatoms. The molecule has 0 bridgehead atoms. The van der Waals surface area contributed by atoms with Crippen LogP contribution in [0.2, 0.25) is 0 Å². The van der Waals surface area contributed by atoms with Crippen LogP contribution in [-0.4, -0.2) is 0 Å². The predicted molar refractivity (Wildman–Crippen MR) is 81.4 cm³/mol. The minimum absolute atomic E-state index is 1.09. The molecule has 18 heavy (non-hydrogen) atoms. The Labute approximate surface area is 115 Å². The van der Waals surface area contributed by atoms with Crippen molar-refractivity contribution in [3.05, 3.63) is 71.2 Å². The van der Waals surface area contributed by atoms with Gasteiger partial charge in [-0.1, -0.05) is 52.3 Å². The number of hydrogen-bond donors (Lipinski definition) is 1. The SMILES string of the molecule is Brc1ccc(Nc2cccc3ccccc23)cc1. The van der Waals surface area contributed by atoms with Gasteiger partial charge >= 0.3 is 0 Å². The van der Waals surface area contributed by atoms with E-state index in [1.807, 2.05) is 12.1 Å². The van der Waals surface area contributed by atoms with Crippen molar-refractivity contribution in [1.82, 2.24) is 0 Å². The van der Waals surface area contributed by atoms with Gasteiger partial charge in [0.2, 0.25) is 0 Å². The van der Waals surface area contributed by atoms with Gasteiger partial charge in [-0.25, -0.2) is 0 Å². The molecule has 0 radical (unpaired) electrons. The summed E-state index contributed by atoms with van der Waals surface area (Å²) in [4.78, 5) is 0. The number of hydrogen-bond acceptors (Lipinski definition) is 1. The molecule has 0 aliphatic carbocycles. The van der Waals surface area contributed by atoms with Crippen LogP contribution >= 0.6 is 15.9 Å². The quantitative estimate of drug-likeness (QED) is 0.673. The smallest absolute Gasteiger partial charge is 0.0463 e. The molecule has 0 aliphatic heterocycles. The maximum Gasteiger partial charge on any atom is 0.0463 e. The Bertz CT molecular complexity index is 669. The Hall–Kier alpha value is -1.80. The first-order valence-corrected chi connectivity index (χ1v) is 6.62. The van der Waals surface area contributed by atoms with Crippen molar-refractivity contribution in [1.29, 1.82) is 0 Å². The molecule has 3 aromatic carbocycles. The van der Waals surface area contributed by atoms with E-state index in [9.17, 15) is 0 Å². The summed E-state index contributed by atoms with van der Waals surface area (Å²) in [7, 11) is 0. The third-order valence-corrected chi connectivity index (χ3v) is 3.44. The molecular weight excluding hydrogens is 286 g/mol. The molecule has 0 aromatic heterocycles. The van der Waals surface area contributed by atoms with Crippen molar-refractivity contribution >= 4 is 38.1 Å². The highest BCUT2D eigenvalue weighted by atomic mass is 79.9. The van der Waals surface area contributed by atoms with Crippen LogP contribution in [0.4, 0.5) is 11.4 Å². The van der Waals surface area contributed by atoms with Gasteiger partial charge in [0.25, 0.3) is 0 Å². The Kier molecular flexibility index (Phi) is 3.03. The lowest BCUT2D eigenvalue weighted by atomic mass is 10.1. The first-order chi connectivity index (χ1) is 8.83. The van der Waals surface area contributed by atoms with Crippen LogP contribution in [0, 0.1) is 0 Å². The molecule has 0 unspecified atom stereocenters. The summed E-state index contributed by atoms with van der Waals surface area (Å²) in [6.45, 7) is 0. The number of rotatable bonds is 2. The normalized spacial score (nSPS) is 10.5. The van der Waals surface area contributed by atoms with E-state index in [2.05, 4.69) is 75.8 Å². The van der Waals surface area contributed by atoms with Crippen molar-refractivity contribution in [3.63, 3.8) is 0 Å². The molecule has 0 heterocycles. The van der Waals surface area contributed by atoms with Crippen molar-refractivity contribution in [3.8, 4) is 0 Å². The fourth-order valence-corrected chi connectivity index (χ4v) is 2.29. The summed E-state index contributed by atoms with van der Waals surface area (Å²) in [5, 5.41) is 5.94. The summed E-state index contributed by atoms with van der Waals surface area (Å²) < 4.78 is 1.09. The molecule has 0 spiro atoms. The highest BCUT2D eigenvalue weighted by Crippen LogP contribution is 2.26. The van der Waals surface area contributed by atoms with Crippen LogP contribution in [0.15, 0.2) is 71.2 Å². The van der Waals surface area contributed by atoms with Crippen molar-refractivity contribution in [2.75, 3.05) is 5.32 Å². The average Bonchev–Trinajstić information content (AvgIpc) is 2.42. The molecule has 1 nitrogen and oxygen atoms in total. The zero-order valence-corrected chi connectivity index (χ0v) is 11.3. The molecule has 0 atom stereocenters. The van der Waals surface area contributed by atoms with Crippen molar-refractivity contribution < 1.29 is 0 Å². The van der Waals surface area contributed by atoms with Crippen LogP contribution in [0.3, 0.4) is 0 Å². The summed E-state index contributed by atoms with van der Waals surface area (Å²) >= 11 is 3.44. The van der Waals surface area contributed by atoms with Crippen LogP contribution in [0.5, 0.6) is 0 Å². The first kappa shape index (κ1) is 11.3. The van der Waals surface area contributed by atoms with Gasteiger partial charge in [0, 0.05) is 21.2 Å². The average molecular weight is 298 g/mol. The van der Waals surface area contributed by atoms with Crippen LogP contribution in [0.1, 0.15) is 0 Å². The molecular formula is C16H12BrN. The summed E-state index contributed by atoms with van der Waals surface area (Å²) in [6, 6.07) is 22.9. The largest absolute Gasteiger partial charge is 0.355 e. The molecule has 1 N–H and O–H groups in total. The summed E-state index contributed by atoms with van der Waals surface area (Å²) in [6.07, 6.45) is 0. The van der Waals surface area contributed by atoms with E-state index in [0.29, 0.717) is 0 Å². The van der Waals surface area contributed by atoms with Crippen LogP contribution < -0.4 is 5.32 Å². The second-order valence-corrected chi connectivity index (χ2v) is 5.07. The first-order valence-electron chi connectivity index (χ1n) is 5.83. The number of halogens is 1. The molecule has 0 fully saturated rings. The van der Waals surface area contributed by atoms with Crippen molar-refractivity contribution in [2.24, 2.45) is 0 Å². The van der Waals surface area contributed by atoms with Gasteiger partial charge in [-0.2, -0.15) is 0 Å². The summed E-state index contributed by atoms with van der Waals surface area (Å²) in [5.41, 5.74) is 2.23. The third kappa shape index (κ3) is 2.24. The zero-order chi connectivity index (χ0) is 12.4. The van der Waals surface area contributed by atoms with Gasteiger partial charge in [-0.3, -0.25) is 0 Å². The van der Waals surface area contributed by atoms with Gasteiger partial charge in [0.05, 0.1) is 0 Å². The molecule has 88 valence electrons. The zero-order valence-electron chi connectivity index (χ0n) is 9.73. The van der Waals surface area contributed by atoms with Crippen LogP contribution in [-0.2, 0) is 0 Å². The lowest BCUT2D eigenvalue weighted by Crippen LogP contribution is -1.90. The minimum atomic E-state index is 1.09. The van der Waals surface area contributed by atoms with E-state index in [1.54, 1.807) is 0 Å². The van der Waals surface area contributed by atoms with E-state index in [4.69, 9.17) is 0 Å². The van der Waals surface area contributed by atoms with Gasteiger partial charge in [0.1, 0.15) is 0 Å². The van der Waals surface area contributed by atoms with Gasteiger partial charge in [-0.15, -0.1) is 0 Å². The van der Waals surface area contributed by atoms with Gasteiger partial charge in [0.15, 0.2) is 0 Å². The van der Waals surface area contributed by atoms with E-state index < -0.39 is 0 Å². The standard InChI is InChI=1S/C16H12BrN/c17-13-8-10-14(11-9-13)18-16-7-3-5-12-4-1-2-6-15(12)16/h1-11,18H. The molecule has 0 amide bonds. The van der Waals surface area contributed by atoms with E-state index in [0.717, 1.165) is 15.8 Å². The van der Waals surface area contributed by atoms with E-state index >= 15 is 0 Å². The lowest BCUT2D eigenvalue weighted by molar-refractivity contribution is 1.56. The maximum atomic E-state index is 3.45. The summed E-state index contributed by atoms with van der Waals surface area (Å²) in [5.74, 6) is 0. The van der Waals surface area contributed by atoms with Gasteiger partial charge < -0.3 is 5.32 Å². The number of nitrogens with one attached hydrogen (secondary N) is 1. The van der Waals surface area contributed by atoms with Crippen LogP contribution in [0.25, 0.3) is 10.8 Å². The fraction of sp³-hybridized carbons (Fsp3) is 0. The highest BCUT2D eigenvalue weighted by Gasteiger charge is 2.00. The minimum Gasteiger partial charge on any atom is -0.355 e. The molecule has 0 aliphatic rings. The Morgan fingerprint density at radius 1 is 0.722 bits per heavy atom. The second-order valence-electron chi connectivity index (χ2n) is 4.16. The van der Waals surface area contributed by atoms with Crippen molar-refractivity contribution in [2.45, 2.75) is 0 Å². The van der Waals surface area contributed by atoms with E-state index in [1.165, 1.54) is 10.8 Å². The Morgan fingerprint density at radius 3 is 2.28 bits per heavy atom. The lowest BCUT2D eigenvalue weighted by Gasteiger charge is -2.09. The fourth-order valence-electron chi connectivity index (χ4n) is 2.02. The second kappa shape index (κ2) is 4.83. The predicted octanol–water partition coefficient (Wildman–Crippen LogP) is 5.35. The number of anilines is 2. The van der Waals surface area contributed by atoms with E-state index in [-0.39, 0.29) is 0 Å². The monoisotopic (exact) mass is 297 g/mol. The topological polar surface area (TPSA) is 12.0 Å². The number of fused-ring (bicyclic) bond motifs is 1. The molecule has 3 aromatic rings. The van der Waals surface area contributed by atoms with Gasteiger partial charge in [-0.05, 0) is 35.7 Å². The molecule has 0 saturated heterocycles. The third-order valence-electron chi connectivity index (χ3n) is 2.91.